The highest BCUT2D eigenvalue weighted by Gasteiger charge is 2.37. The van der Waals surface area contributed by atoms with Gasteiger partial charge in [0.1, 0.15) is 23.3 Å². The van der Waals surface area contributed by atoms with Gasteiger partial charge in [-0.15, -0.1) is 11.3 Å². The Bertz CT molecular complexity index is 1230. The summed E-state index contributed by atoms with van der Waals surface area (Å²) in [4.78, 5) is 25.1. The molecule has 1 N–H and O–H groups in total. The summed E-state index contributed by atoms with van der Waals surface area (Å²) in [6.07, 6.45) is 2.21. The molecule has 35 heavy (non-hydrogen) atoms. The lowest BCUT2D eigenvalue weighted by molar-refractivity contribution is -0.145. The van der Waals surface area contributed by atoms with Crippen LogP contribution >= 0.6 is 18.9 Å². The Morgan fingerprint density at radius 2 is 1.86 bits per heavy atom. The van der Waals surface area contributed by atoms with Crippen LogP contribution in [0.15, 0.2) is 67.3 Å². The maximum Gasteiger partial charge on any atom is 0.348 e. The van der Waals surface area contributed by atoms with Gasteiger partial charge in [-0.05, 0) is 61.5 Å². The molecule has 3 rings (SSSR count). The first-order valence-corrected chi connectivity index (χ1v) is 13.9. The molecule has 2 aromatic carbocycles. The fourth-order valence-electron chi connectivity index (χ4n) is 3.33. The van der Waals surface area contributed by atoms with Crippen molar-refractivity contribution in [3.05, 3.63) is 77.7 Å². The van der Waals surface area contributed by atoms with Crippen LogP contribution in [-0.2, 0) is 18.8 Å². The van der Waals surface area contributed by atoms with Crippen LogP contribution in [-0.4, -0.2) is 31.2 Å². The third-order valence-electron chi connectivity index (χ3n) is 5.23. The van der Waals surface area contributed by atoms with E-state index in [1.807, 2.05) is 31.2 Å². The van der Waals surface area contributed by atoms with Gasteiger partial charge in [0.25, 0.3) is 0 Å². The number of hydrogen-bond donors (Lipinski definition) is 1. The number of esters is 2. The van der Waals surface area contributed by atoms with Gasteiger partial charge in [0.2, 0.25) is 0 Å². The Kier molecular flexibility index (Phi) is 9.26. The molecule has 0 saturated carbocycles. The summed E-state index contributed by atoms with van der Waals surface area (Å²) in [5.74, 6) is -0.486. The van der Waals surface area contributed by atoms with Crippen molar-refractivity contribution in [2.45, 2.75) is 38.9 Å². The van der Waals surface area contributed by atoms with Gasteiger partial charge in [0.05, 0.1) is 12.3 Å². The van der Waals surface area contributed by atoms with E-state index in [0.29, 0.717) is 17.0 Å². The van der Waals surface area contributed by atoms with Crippen molar-refractivity contribution < 1.29 is 28.2 Å². The molecule has 0 bridgehead atoms. The average molecular weight is 516 g/mol. The second kappa shape index (κ2) is 12.2. The molecule has 0 spiro atoms. The predicted molar refractivity (Wildman–Crippen MR) is 139 cm³/mol. The molecule has 0 saturated heterocycles. The van der Waals surface area contributed by atoms with Gasteiger partial charge in [-0.25, -0.2) is 9.88 Å². The lowest BCUT2D eigenvalue weighted by atomic mass is 10.1. The summed E-state index contributed by atoms with van der Waals surface area (Å²) in [7, 11) is -3.65. The fraction of sp³-hybridized carbons (Fsp3) is 0.308. The van der Waals surface area contributed by atoms with E-state index in [-0.39, 0.29) is 13.2 Å². The van der Waals surface area contributed by atoms with Gasteiger partial charge in [-0.1, -0.05) is 43.8 Å². The zero-order valence-electron chi connectivity index (χ0n) is 20.1. The summed E-state index contributed by atoms with van der Waals surface area (Å²) < 4.78 is 31.5. The molecular formula is C26H30NO6PS. The van der Waals surface area contributed by atoms with E-state index < -0.39 is 31.2 Å². The first-order valence-electron chi connectivity index (χ1n) is 11.4. The van der Waals surface area contributed by atoms with Crippen molar-refractivity contribution in [3.63, 3.8) is 0 Å². The Hall–Kier alpha value is -2.93. The lowest BCUT2D eigenvalue weighted by Gasteiger charge is -2.28. The second-order valence-corrected chi connectivity index (χ2v) is 11.5. The van der Waals surface area contributed by atoms with Gasteiger partial charge in [-0.3, -0.25) is 9.36 Å². The normalized spacial score (nSPS) is 14.5. The predicted octanol–water partition coefficient (Wildman–Crippen LogP) is 6.51. The van der Waals surface area contributed by atoms with E-state index >= 15 is 0 Å². The van der Waals surface area contributed by atoms with Gasteiger partial charge in [-0.2, -0.15) is 0 Å². The first kappa shape index (κ1) is 26.7. The Morgan fingerprint density at radius 3 is 2.54 bits per heavy atom. The van der Waals surface area contributed by atoms with Crippen LogP contribution in [0.3, 0.4) is 0 Å². The molecular weight excluding hydrogens is 485 g/mol. The largest absolute Gasteiger partial charge is 0.465 e. The summed E-state index contributed by atoms with van der Waals surface area (Å²) in [5, 5.41) is 3.75. The molecule has 7 nitrogen and oxygen atoms in total. The molecule has 3 aromatic rings. The van der Waals surface area contributed by atoms with Crippen molar-refractivity contribution in [2.75, 3.05) is 13.2 Å². The number of hydrogen-bond acceptors (Lipinski definition) is 7. The van der Waals surface area contributed by atoms with Crippen LogP contribution in [0.1, 0.15) is 48.1 Å². The van der Waals surface area contributed by atoms with Crippen molar-refractivity contribution in [1.82, 2.24) is 5.09 Å². The molecule has 1 heterocycles. The topological polar surface area (TPSA) is 90.9 Å². The summed E-state index contributed by atoms with van der Waals surface area (Å²) in [6, 6.07) is 15.4. The fourth-order valence-corrected chi connectivity index (χ4v) is 6.33. The third kappa shape index (κ3) is 6.82. The van der Waals surface area contributed by atoms with Crippen LogP contribution in [0.5, 0.6) is 5.75 Å². The molecule has 9 heteroatoms. The van der Waals surface area contributed by atoms with E-state index in [2.05, 4.69) is 11.7 Å². The zero-order valence-corrected chi connectivity index (χ0v) is 21.8. The van der Waals surface area contributed by atoms with E-state index in [4.69, 9.17) is 14.0 Å². The number of fused-ring (bicyclic) bond motifs is 1. The maximum atomic E-state index is 14.2. The van der Waals surface area contributed by atoms with Gasteiger partial charge in [0.15, 0.2) is 0 Å². The number of ether oxygens (including phenoxy) is 2. The highest BCUT2D eigenvalue weighted by molar-refractivity contribution is 7.57. The maximum absolute atomic E-state index is 14.2. The molecule has 0 aliphatic carbocycles. The third-order valence-corrected chi connectivity index (χ3v) is 8.87. The Labute approximate surface area is 209 Å². The summed E-state index contributed by atoms with van der Waals surface area (Å²) in [6.45, 7) is 9.28. The van der Waals surface area contributed by atoms with Gasteiger partial charge in [0, 0.05) is 4.70 Å². The monoisotopic (exact) mass is 515 g/mol. The number of carbonyl (C=O) groups is 2. The van der Waals surface area contributed by atoms with Crippen LogP contribution in [0, 0.1) is 0 Å². The molecule has 1 aromatic heterocycles. The number of para-hydroxylation sites is 1. The summed E-state index contributed by atoms with van der Waals surface area (Å²) >= 11 is 1.32. The van der Waals surface area contributed by atoms with E-state index in [1.54, 1.807) is 44.2 Å². The zero-order chi connectivity index (χ0) is 25.4. The number of nitrogens with one attached hydrogen (secondary N) is 1. The highest BCUT2D eigenvalue weighted by atomic mass is 32.1. The minimum absolute atomic E-state index is 0.139. The number of rotatable bonds is 12. The average Bonchev–Trinajstić information content (AvgIpc) is 3.29. The van der Waals surface area contributed by atoms with Gasteiger partial charge >= 0.3 is 19.5 Å². The Morgan fingerprint density at radius 1 is 1.11 bits per heavy atom. The molecule has 2 unspecified atom stereocenters. The smallest absolute Gasteiger partial charge is 0.348 e. The lowest BCUT2D eigenvalue weighted by Crippen LogP contribution is -2.35. The standard InChI is InChI=1S/C26H30NO6PS/c1-5-14-31-25(28)18(3)27-34(30,33-22-10-8-7-9-11-22)19(4)20-12-13-23-21(16-20)17-24(35-23)26(29)32-15-6-2/h6-13,16-19H,2,5,14-15H2,1,3-4H3,(H,27,30)/t18-,19?,34?/m0/s1. The molecule has 0 aliphatic heterocycles. The van der Waals surface area contributed by atoms with Crippen LogP contribution in [0.2, 0.25) is 0 Å². The molecule has 0 radical (unpaired) electrons. The number of thiophene rings is 1. The quantitative estimate of drug-likeness (QED) is 0.167. The molecule has 3 atom stereocenters. The van der Waals surface area contributed by atoms with E-state index in [0.717, 1.165) is 15.6 Å². The SMILES string of the molecule is C=CCOC(=O)c1cc2cc(C(C)P(=O)(N[C@@H](C)C(=O)OCCC)Oc3ccccc3)ccc2s1. The van der Waals surface area contributed by atoms with Crippen LogP contribution < -0.4 is 9.61 Å². The van der Waals surface area contributed by atoms with E-state index in [9.17, 15) is 14.2 Å². The highest BCUT2D eigenvalue weighted by Crippen LogP contribution is 2.57. The van der Waals surface area contributed by atoms with Crippen molar-refractivity contribution in [3.8, 4) is 5.75 Å². The number of benzene rings is 2. The molecule has 0 aliphatic rings. The summed E-state index contributed by atoms with van der Waals surface area (Å²) in [5.41, 5.74) is 0.131. The van der Waals surface area contributed by atoms with Gasteiger partial charge < -0.3 is 14.0 Å². The minimum Gasteiger partial charge on any atom is -0.465 e. The molecule has 186 valence electrons. The van der Waals surface area contributed by atoms with E-state index in [1.165, 1.54) is 17.4 Å². The number of carbonyl (C=O) groups excluding carboxylic acids is 2. The minimum atomic E-state index is -3.65. The van der Waals surface area contributed by atoms with Crippen molar-refractivity contribution in [1.29, 1.82) is 0 Å². The first-order chi connectivity index (χ1) is 16.8. The molecule has 0 fully saturated rings. The van der Waals surface area contributed by atoms with Crippen LogP contribution in [0.4, 0.5) is 0 Å². The van der Waals surface area contributed by atoms with Crippen molar-refractivity contribution >= 4 is 40.9 Å². The molecule has 0 amide bonds. The van der Waals surface area contributed by atoms with Crippen molar-refractivity contribution in [2.24, 2.45) is 0 Å². The Balaban J connectivity index is 1.91. The van der Waals surface area contributed by atoms with Crippen LogP contribution in [0.25, 0.3) is 10.1 Å². The second-order valence-electron chi connectivity index (χ2n) is 7.99.